The van der Waals surface area contributed by atoms with Crippen LogP contribution in [-0.4, -0.2) is 20.6 Å². The monoisotopic (exact) mass is 482 g/mol. The van der Waals surface area contributed by atoms with E-state index in [0.29, 0.717) is 12.1 Å². The summed E-state index contributed by atoms with van der Waals surface area (Å²) in [7, 11) is -4.27. The molecule has 1 N–H and O–H groups in total. The molecule has 30 heavy (non-hydrogen) atoms. The zero-order valence-corrected chi connectivity index (χ0v) is 18.3. The summed E-state index contributed by atoms with van der Waals surface area (Å²) in [5.74, 6) is -1.16. The van der Waals surface area contributed by atoms with Gasteiger partial charge in [0.25, 0.3) is 0 Å². The molecule has 0 fully saturated rings. The van der Waals surface area contributed by atoms with Gasteiger partial charge in [0.05, 0.1) is 5.56 Å². The molecule has 1 aromatic rings. The summed E-state index contributed by atoms with van der Waals surface area (Å²) in [6, 6.07) is 2.64. The van der Waals surface area contributed by atoms with Gasteiger partial charge in [-0.2, -0.15) is 23.5 Å². The molecule has 1 aromatic carbocycles. The van der Waals surface area contributed by atoms with Crippen molar-refractivity contribution in [3.8, 4) is 6.07 Å². The van der Waals surface area contributed by atoms with Crippen molar-refractivity contribution >= 4 is 38.9 Å². The predicted octanol–water partition coefficient (Wildman–Crippen LogP) is 4.57. The minimum absolute atomic E-state index is 0.495. The SMILES string of the molecule is CC(C)(C)C(=O)NC1=C(S(C)(=O)=O)C(C#N)(c2c(Cl)cc(C(F)(F)F)cc2Cl)N=N1. The van der Waals surface area contributed by atoms with Crippen LogP contribution in [0.4, 0.5) is 13.2 Å². The van der Waals surface area contributed by atoms with Crippen LogP contribution in [0.3, 0.4) is 0 Å². The molecular formula is C17H15Cl2F3N4O3S. The maximum absolute atomic E-state index is 13.0. The number of alkyl halides is 3. The fourth-order valence-electron chi connectivity index (χ4n) is 2.58. The molecule has 0 spiro atoms. The summed E-state index contributed by atoms with van der Waals surface area (Å²) >= 11 is 12.0. The van der Waals surface area contributed by atoms with E-state index in [1.807, 2.05) is 0 Å². The Morgan fingerprint density at radius 2 is 1.70 bits per heavy atom. The van der Waals surface area contributed by atoms with Gasteiger partial charge >= 0.3 is 6.18 Å². The number of carbonyl (C=O) groups excluding carboxylic acids is 1. The number of sulfone groups is 1. The third kappa shape index (κ3) is 4.31. The number of rotatable bonds is 3. The molecule has 0 saturated carbocycles. The van der Waals surface area contributed by atoms with Gasteiger partial charge in [-0.1, -0.05) is 44.0 Å². The Labute approximate surface area is 180 Å². The molecule has 2 rings (SSSR count). The minimum atomic E-state index is -4.79. The number of azo groups is 1. The highest BCUT2D eigenvalue weighted by Crippen LogP contribution is 2.49. The normalized spacial score (nSPS) is 19.7. The highest BCUT2D eigenvalue weighted by Gasteiger charge is 2.52. The van der Waals surface area contributed by atoms with Crippen LogP contribution in [0.25, 0.3) is 0 Å². The quantitative estimate of drug-likeness (QED) is 0.679. The van der Waals surface area contributed by atoms with Crippen LogP contribution in [0.1, 0.15) is 31.9 Å². The molecule has 13 heteroatoms. The van der Waals surface area contributed by atoms with Gasteiger partial charge in [0.1, 0.15) is 11.0 Å². The zero-order chi connectivity index (χ0) is 23.3. The molecule has 0 saturated heterocycles. The lowest BCUT2D eigenvalue weighted by molar-refractivity contribution is -0.137. The van der Waals surface area contributed by atoms with Crippen LogP contribution in [0.15, 0.2) is 33.1 Å². The fourth-order valence-corrected chi connectivity index (χ4v) is 4.51. The van der Waals surface area contributed by atoms with Crippen molar-refractivity contribution in [1.82, 2.24) is 5.32 Å². The minimum Gasteiger partial charge on any atom is -0.308 e. The first kappa shape index (κ1) is 24.1. The second kappa shape index (κ2) is 7.51. The molecule has 0 aliphatic carbocycles. The van der Waals surface area contributed by atoms with E-state index < -0.39 is 64.8 Å². The van der Waals surface area contributed by atoms with Gasteiger partial charge in [0.15, 0.2) is 15.7 Å². The topological polar surface area (TPSA) is 112 Å². The second-order valence-electron chi connectivity index (χ2n) is 7.49. The maximum atomic E-state index is 13.0. The first-order valence-electron chi connectivity index (χ1n) is 8.12. The molecule has 0 aromatic heterocycles. The van der Waals surface area contributed by atoms with E-state index >= 15 is 0 Å². The van der Waals surface area contributed by atoms with Crippen molar-refractivity contribution in [2.24, 2.45) is 15.6 Å². The van der Waals surface area contributed by atoms with Gasteiger partial charge in [-0.05, 0) is 12.1 Å². The van der Waals surface area contributed by atoms with Gasteiger partial charge in [0, 0.05) is 27.3 Å². The summed E-state index contributed by atoms with van der Waals surface area (Å²) in [5.41, 5.74) is -5.13. The lowest BCUT2D eigenvalue weighted by atomic mass is 9.90. The van der Waals surface area contributed by atoms with Gasteiger partial charge in [-0.15, -0.1) is 5.11 Å². The molecule has 1 atom stereocenters. The molecule has 7 nitrogen and oxygen atoms in total. The van der Waals surface area contributed by atoms with Crippen LogP contribution >= 0.6 is 23.2 Å². The van der Waals surface area contributed by atoms with Gasteiger partial charge in [-0.3, -0.25) is 4.79 Å². The molecule has 1 aliphatic rings. The number of amides is 1. The zero-order valence-electron chi connectivity index (χ0n) is 16.0. The molecule has 0 bridgehead atoms. The number of nitrogens with zero attached hydrogens (tertiary/aromatic N) is 3. The van der Waals surface area contributed by atoms with E-state index in [2.05, 4.69) is 15.5 Å². The van der Waals surface area contributed by atoms with Crippen LogP contribution in [-0.2, 0) is 26.3 Å². The molecular weight excluding hydrogens is 468 g/mol. The average Bonchev–Trinajstić information content (AvgIpc) is 2.92. The van der Waals surface area contributed by atoms with E-state index in [-0.39, 0.29) is 0 Å². The number of benzene rings is 1. The summed E-state index contributed by atoms with van der Waals surface area (Å²) in [5, 5.41) is 18.2. The van der Waals surface area contributed by atoms with Crippen molar-refractivity contribution in [3.05, 3.63) is 44.0 Å². The highest BCUT2D eigenvalue weighted by atomic mass is 35.5. The lowest BCUT2D eigenvalue weighted by Gasteiger charge is -2.24. The Morgan fingerprint density at radius 3 is 2.07 bits per heavy atom. The number of halogens is 5. The van der Waals surface area contributed by atoms with Crippen molar-refractivity contribution < 1.29 is 26.4 Å². The van der Waals surface area contributed by atoms with Gasteiger partial charge < -0.3 is 5.32 Å². The maximum Gasteiger partial charge on any atom is 0.416 e. The van der Waals surface area contributed by atoms with E-state index in [4.69, 9.17) is 23.2 Å². The van der Waals surface area contributed by atoms with Crippen LogP contribution in [0.2, 0.25) is 10.0 Å². The van der Waals surface area contributed by atoms with Crippen molar-refractivity contribution in [2.45, 2.75) is 32.5 Å². The van der Waals surface area contributed by atoms with Crippen LogP contribution < -0.4 is 5.32 Å². The third-order valence-electron chi connectivity index (χ3n) is 4.02. The molecule has 1 amide bonds. The van der Waals surface area contributed by atoms with Crippen LogP contribution in [0, 0.1) is 16.7 Å². The summed E-state index contributed by atoms with van der Waals surface area (Å²) in [6.45, 7) is 4.66. The van der Waals surface area contributed by atoms with Crippen LogP contribution in [0.5, 0.6) is 0 Å². The molecule has 162 valence electrons. The van der Waals surface area contributed by atoms with Gasteiger partial charge in [-0.25, -0.2) is 8.42 Å². The first-order valence-corrected chi connectivity index (χ1v) is 10.8. The fraction of sp³-hybridized carbons (Fsp3) is 0.412. The third-order valence-corrected chi connectivity index (χ3v) is 5.85. The van der Waals surface area contributed by atoms with Crippen molar-refractivity contribution in [1.29, 1.82) is 5.26 Å². The molecule has 1 unspecified atom stereocenters. The number of nitrogens with one attached hydrogen (secondary N) is 1. The Morgan fingerprint density at radius 1 is 1.20 bits per heavy atom. The van der Waals surface area contributed by atoms with E-state index in [1.54, 1.807) is 26.8 Å². The first-order chi connectivity index (χ1) is 13.4. The summed E-state index contributed by atoms with van der Waals surface area (Å²) < 4.78 is 64.2. The Kier molecular flexibility index (Phi) is 6.04. The van der Waals surface area contributed by atoms with E-state index in [0.717, 1.165) is 6.26 Å². The Balaban J connectivity index is 2.82. The summed E-state index contributed by atoms with van der Waals surface area (Å²) in [4.78, 5) is 11.6. The lowest BCUT2D eigenvalue weighted by Crippen LogP contribution is -2.36. The van der Waals surface area contributed by atoms with Gasteiger partial charge in [0.2, 0.25) is 11.4 Å². The number of hydrogen-bond donors (Lipinski definition) is 1. The number of carbonyl (C=O) groups is 1. The largest absolute Gasteiger partial charge is 0.416 e. The second-order valence-corrected chi connectivity index (χ2v) is 10.3. The smallest absolute Gasteiger partial charge is 0.308 e. The number of nitriles is 1. The van der Waals surface area contributed by atoms with E-state index in [1.165, 1.54) is 0 Å². The van der Waals surface area contributed by atoms with Crippen molar-refractivity contribution in [3.63, 3.8) is 0 Å². The highest BCUT2D eigenvalue weighted by molar-refractivity contribution is 7.94. The average molecular weight is 483 g/mol. The Hall–Kier alpha value is -2.16. The Bertz CT molecular complexity index is 1110. The molecule has 1 heterocycles. The van der Waals surface area contributed by atoms with E-state index in [9.17, 15) is 31.6 Å². The predicted molar refractivity (Wildman–Crippen MR) is 103 cm³/mol. The number of hydrogen-bond acceptors (Lipinski definition) is 6. The summed E-state index contributed by atoms with van der Waals surface area (Å²) in [6.07, 6.45) is -4.05. The van der Waals surface area contributed by atoms with Crippen molar-refractivity contribution in [2.75, 3.05) is 6.26 Å². The standard InChI is InChI=1S/C17H15Cl2F3N4O3S/c1-15(2,3)14(27)24-13-12(30(4,28)29)16(7-23,26-25-13)11-9(18)5-8(6-10(11)19)17(20,21)22/h5-6H,1-4H3,(H,24,27). The molecule has 0 radical (unpaired) electrons. The molecule has 1 aliphatic heterocycles.